The monoisotopic (exact) mass is 352 g/mol. The van der Waals surface area contributed by atoms with E-state index >= 15 is 0 Å². The second-order valence-electron chi connectivity index (χ2n) is 6.65. The molecule has 1 unspecified atom stereocenters. The maximum Gasteiger partial charge on any atom is 0.391 e. The van der Waals surface area contributed by atoms with Gasteiger partial charge >= 0.3 is 6.18 Å². The highest BCUT2D eigenvalue weighted by atomic mass is 19.4. The van der Waals surface area contributed by atoms with Crippen molar-refractivity contribution in [3.63, 3.8) is 0 Å². The molecule has 2 atom stereocenters. The molecule has 0 heterocycles. The Labute approximate surface area is 143 Å². The first kappa shape index (κ1) is 21.5. The Kier molecular flexibility index (Phi) is 9.93. The maximum atomic E-state index is 12.6. The van der Waals surface area contributed by atoms with Crippen LogP contribution in [0.5, 0.6) is 0 Å². The van der Waals surface area contributed by atoms with Gasteiger partial charge in [0.15, 0.2) is 0 Å². The lowest BCUT2D eigenvalue weighted by Crippen LogP contribution is -2.31. The van der Waals surface area contributed by atoms with Crippen molar-refractivity contribution in [3.8, 4) is 0 Å². The number of hydrogen-bond acceptors (Lipinski definition) is 3. The second kappa shape index (κ2) is 11.1. The largest absolute Gasteiger partial charge is 0.391 e. The zero-order valence-corrected chi connectivity index (χ0v) is 14.6. The fraction of sp³-hybridized carbons (Fsp3) is 0.889. The molecule has 1 N–H and O–H groups in total. The van der Waals surface area contributed by atoms with Crippen LogP contribution in [0.4, 0.5) is 13.2 Å². The highest BCUT2D eigenvalue weighted by Crippen LogP contribution is 2.38. The SMILES string of the molecule is C=CC(O)CCCCO[C@@H](C)CCOC1CCC(C(F)(F)F)CC1. The van der Waals surface area contributed by atoms with Gasteiger partial charge in [0.05, 0.1) is 24.2 Å². The highest BCUT2D eigenvalue weighted by molar-refractivity contribution is 4.78. The number of rotatable bonds is 11. The van der Waals surface area contributed by atoms with E-state index in [1.165, 1.54) is 6.08 Å². The van der Waals surface area contributed by atoms with E-state index < -0.39 is 18.2 Å². The highest BCUT2D eigenvalue weighted by Gasteiger charge is 2.41. The van der Waals surface area contributed by atoms with E-state index in [-0.39, 0.29) is 25.0 Å². The molecule has 0 aromatic heterocycles. The van der Waals surface area contributed by atoms with Crippen molar-refractivity contribution in [1.82, 2.24) is 0 Å². The zero-order valence-electron chi connectivity index (χ0n) is 14.6. The minimum absolute atomic E-state index is 0.0452. The molecule has 0 aromatic rings. The Bertz CT molecular complexity index is 339. The molecule has 1 fully saturated rings. The predicted molar refractivity (Wildman–Crippen MR) is 87.8 cm³/mol. The standard InChI is InChI=1S/C18H31F3O3/c1-3-16(22)6-4-5-12-23-14(2)11-13-24-17-9-7-15(8-10-17)18(19,20)21/h3,14-17,22H,1,4-13H2,2H3/t14-,15?,16?,17?/m0/s1. The van der Waals surface area contributed by atoms with Crippen LogP contribution in [-0.2, 0) is 9.47 Å². The summed E-state index contributed by atoms with van der Waals surface area (Å²) in [6.45, 7) is 6.67. The first-order valence-electron chi connectivity index (χ1n) is 8.93. The summed E-state index contributed by atoms with van der Waals surface area (Å²) in [6, 6.07) is 0. The lowest BCUT2D eigenvalue weighted by atomic mass is 9.87. The number of unbranched alkanes of at least 4 members (excludes halogenated alkanes) is 1. The molecule has 0 amide bonds. The van der Waals surface area contributed by atoms with Crippen molar-refractivity contribution in [2.75, 3.05) is 13.2 Å². The van der Waals surface area contributed by atoms with Gasteiger partial charge in [-0.15, -0.1) is 6.58 Å². The quantitative estimate of drug-likeness (QED) is 0.435. The Balaban J connectivity index is 2.00. The molecular formula is C18H31F3O3. The van der Waals surface area contributed by atoms with E-state index in [0.29, 0.717) is 32.5 Å². The number of aliphatic hydroxyl groups is 1. The van der Waals surface area contributed by atoms with Crippen LogP contribution in [0.15, 0.2) is 12.7 Å². The summed E-state index contributed by atoms with van der Waals surface area (Å²) in [4.78, 5) is 0. The van der Waals surface area contributed by atoms with Crippen LogP contribution in [0, 0.1) is 5.92 Å². The van der Waals surface area contributed by atoms with Gasteiger partial charge in [0.2, 0.25) is 0 Å². The van der Waals surface area contributed by atoms with Crippen molar-refractivity contribution in [2.45, 2.75) is 82.8 Å². The lowest BCUT2D eigenvalue weighted by molar-refractivity contribution is -0.187. The summed E-state index contributed by atoms with van der Waals surface area (Å²) < 4.78 is 49.1. The smallest absolute Gasteiger partial charge is 0.389 e. The normalized spacial score (nSPS) is 24.5. The molecule has 0 spiro atoms. The number of ether oxygens (including phenoxy) is 2. The molecule has 1 aliphatic rings. The van der Waals surface area contributed by atoms with Gasteiger partial charge in [0.25, 0.3) is 0 Å². The topological polar surface area (TPSA) is 38.7 Å². The maximum absolute atomic E-state index is 12.6. The Morgan fingerprint density at radius 1 is 1.12 bits per heavy atom. The zero-order chi connectivity index (χ0) is 18.0. The fourth-order valence-corrected chi connectivity index (χ4v) is 2.90. The third kappa shape index (κ3) is 9.04. The Morgan fingerprint density at radius 3 is 2.38 bits per heavy atom. The fourth-order valence-electron chi connectivity index (χ4n) is 2.90. The third-order valence-electron chi connectivity index (χ3n) is 4.58. The Hall–Kier alpha value is -0.590. The average molecular weight is 352 g/mol. The van der Waals surface area contributed by atoms with E-state index in [9.17, 15) is 18.3 Å². The van der Waals surface area contributed by atoms with Crippen LogP contribution in [0.1, 0.15) is 58.3 Å². The molecule has 1 aliphatic carbocycles. The summed E-state index contributed by atoms with van der Waals surface area (Å²) in [5.74, 6) is -1.15. The van der Waals surface area contributed by atoms with Crippen molar-refractivity contribution in [1.29, 1.82) is 0 Å². The van der Waals surface area contributed by atoms with Gasteiger partial charge in [-0.1, -0.05) is 6.08 Å². The van der Waals surface area contributed by atoms with Crippen molar-refractivity contribution >= 4 is 0 Å². The molecule has 0 aromatic carbocycles. The van der Waals surface area contributed by atoms with Crippen molar-refractivity contribution < 1.29 is 27.8 Å². The van der Waals surface area contributed by atoms with Gasteiger partial charge in [0, 0.05) is 13.2 Å². The van der Waals surface area contributed by atoms with Crippen LogP contribution >= 0.6 is 0 Å². The van der Waals surface area contributed by atoms with Crippen LogP contribution in [0.3, 0.4) is 0 Å². The molecule has 0 aliphatic heterocycles. The van der Waals surface area contributed by atoms with E-state index in [1.54, 1.807) is 0 Å². The first-order chi connectivity index (χ1) is 11.3. The van der Waals surface area contributed by atoms with E-state index in [4.69, 9.17) is 9.47 Å². The van der Waals surface area contributed by atoms with Crippen molar-refractivity contribution in [2.24, 2.45) is 5.92 Å². The van der Waals surface area contributed by atoms with Gasteiger partial charge < -0.3 is 14.6 Å². The minimum atomic E-state index is -4.06. The first-order valence-corrected chi connectivity index (χ1v) is 8.93. The lowest BCUT2D eigenvalue weighted by Gasteiger charge is -2.30. The van der Waals surface area contributed by atoms with Gasteiger partial charge in [-0.25, -0.2) is 0 Å². The summed E-state index contributed by atoms with van der Waals surface area (Å²) in [5.41, 5.74) is 0. The number of aliphatic hydroxyl groups excluding tert-OH is 1. The van der Waals surface area contributed by atoms with Crippen LogP contribution in [0.25, 0.3) is 0 Å². The van der Waals surface area contributed by atoms with E-state index in [2.05, 4.69) is 6.58 Å². The molecule has 0 radical (unpaired) electrons. The van der Waals surface area contributed by atoms with Crippen LogP contribution in [0.2, 0.25) is 0 Å². The molecule has 24 heavy (non-hydrogen) atoms. The third-order valence-corrected chi connectivity index (χ3v) is 4.58. The summed E-state index contributed by atoms with van der Waals surface area (Å²) in [5, 5.41) is 9.33. The van der Waals surface area contributed by atoms with Gasteiger partial charge in [-0.3, -0.25) is 0 Å². The molecule has 1 saturated carbocycles. The van der Waals surface area contributed by atoms with Gasteiger partial charge in [-0.05, 0) is 58.3 Å². The molecule has 3 nitrogen and oxygen atoms in total. The summed E-state index contributed by atoms with van der Waals surface area (Å²) >= 11 is 0. The van der Waals surface area contributed by atoms with Crippen LogP contribution < -0.4 is 0 Å². The molecule has 142 valence electrons. The van der Waals surface area contributed by atoms with Crippen LogP contribution in [-0.4, -0.2) is 42.8 Å². The molecule has 0 saturated heterocycles. The van der Waals surface area contributed by atoms with Gasteiger partial charge in [0.1, 0.15) is 0 Å². The van der Waals surface area contributed by atoms with E-state index in [1.807, 2.05) is 6.92 Å². The summed E-state index contributed by atoms with van der Waals surface area (Å²) in [7, 11) is 0. The Morgan fingerprint density at radius 2 is 1.79 bits per heavy atom. The molecular weight excluding hydrogens is 321 g/mol. The number of hydrogen-bond donors (Lipinski definition) is 1. The van der Waals surface area contributed by atoms with Gasteiger partial charge in [-0.2, -0.15) is 13.2 Å². The molecule has 0 bridgehead atoms. The average Bonchev–Trinajstić information content (AvgIpc) is 2.54. The number of alkyl halides is 3. The molecule has 1 rings (SSSR count). The minimum Gasteiger partial charge on any atom is -0.389 e. The predicted octanol–water partition coefficient (Wildman–Crippen LogP) is 4.64. The molecule has 6 heteroatoms. The number of halogens is 3. The van der Waals surface area contributed by atoms with Crippen molar-refractivity contribution in [3.05, 3.63) is 12.7 Å². The van der Waals surface area contributed by atoms with E-state index in [0.717, 1.165) is 19.3 Å². The summed E-state index contributed by atoms with van der Waals surface area (Å²) in [6.07, 6.45) is 1.61. The second-order valence-corrected chi connectivity index (χ2v) is 6.65.